The van der Waals surface area contributed by atoms with Gasteiger partial charge in [0, 0.05) is 22.3 Å². The van der Waals surface area contributed by atoms with Gasteiger partial charge in [0.05, 0.1) is 23.8 Å². The van der Waals surface area contributed by atoms with Crippen molar-refractivity contribution in [2.45, 2.75) is 32.1 Å². The number of nitrogens with zero attached hydrogens (tertiary/aromatic N) is 1. The molecule has 0 aliphatic heterocycles. The lowest BCUT2D eigenvalue weighted by Crippen LogP contribution is -2.30. The second-order valence-corrected chi connectivity index (χ2v) is 7.10. The van der Waals surface area contributed by atoms with Crippen molar-refractivity contribution in [3.63, 3.8) is 0 Å². The second-order valence-electron chi connectivity index (χ2n) is 6.18. The highest BCUT2D eigenvalue weighted by atomic mass is 79.9. The summed E-state index contributed by atoms with van der Waals surface area (Å²) in [5, 5.41) is 14.5. The van der Waals surface area contributed by atoms with Gasteiger partial charge in [-0.2, -0.15) is 13.2 Å². The number of carbonyl (C=O) groups is 1. The quantitative estimate of drug-likeness (QED) is 0.558. The van der Waals surface area contributed by atoms with Gasteiger partial charge in [-0.05, 0) is 41.9 Å². The summed E-state index contributed by atoms with van der Waals surface area (Å²) in [6, 6.07) is 2.95. The van der Waals surface area contributed by atoms with Crippen LogP contribution in [0.5, 0.6) is 0 Å². The molecule has 0 saturated carbocycles. The van der Waals surface area contributed by atoms with E-state index < -0.39 is 35.5 Å². The molecule has 0 spiro atoms. The van der Waals surface area contributed by atoms with E-state index in [1.165, 1.54) is 25.3 Å². The van der Waals surface area contributed by atoms with Crippen molar-refractivity contribution < 1.29 is 27.5 Å². The van der Waals surface area contributed by atoms with Crippen LogP contribution in [0.15, 0.2) is 34.9 Å². The number of aliphatic hydroxyl groups excluding tert-OH is 1. The van der Waals surface area contributed by atoms with E-state index in [1.807, 2.05) is 0 Å². The fourth-order valence-corrected chi connectivity index (χ4v) is 2.79. The summed E-state index contributed by atoms with van der Waals surface area (Å²) < 4.78 is 53.5. The predicted molar refractivity (Wildman–Crippen MR) is 99.4 cm³/mol. The van der Waals surface area contributed by atoms with E-state index in [-0.39, 0.29) is 23.6 Å². The standard InChI is InChI=1S/C18H18BrF4N3O2/c1-9(8-27)25-16-13(6-11(19)7-24-16)17(28)26-10(2)12-4-3-5-14(15(12)20)18(21,22)23/h3-7,9-10,27H,8H2,1-2H3,(H,24,25)(H,26,28)/t9-,10+/m0/s1. The second kappa shape index (κ2) is 8.87. The maximum Gasteiger partial charge on any atom is 0.419 e. The highest BCUT2D eigenvalue weighted by Crippen LogP contribution is 2.34. The molecule has 0 aliphatic rings. The van der Waals surface area contributed by atoms with Crippen molar-refractivity contribution in [2.75, 3.05) is 11.9 Å². The molecule has 152 valence electrons. The zero-order chi connectivity index (χ0) is 21.1. The highest BCUT2D eigenvalue weighted by molar-refractivity contribution is 9.10. The van der Waals surface area contributed by atoms with E-state index in [4.69, 9.17) is 5.11 Å². The summed E-state index contributed by atoms with van der Waals surface area (Å²) in [6.07, 6.45) is -3.39. The van der Waals surface area contributed by atoms with Gasteiger partial charge in [-0.1, -0.05) is 12.1 Å². The van der Waals surface area contributed by atoms with Crippen LogP contribution in [0.1, 0.15) is 41.4 Å². The Labute approximate surface area is 167 Å². The molecule has 2 rings (SSSR count). The Morgan fingerprint density at radius 1 is 1.32 bits per heavy atom. The fourth-order valence-electron chi connectivity index (χ4n) is 2.46. The third-order valence-corrected chi connectivity index (χ3v) is 4.34. The molecule has 0 fully saturated rings. The number of nitrogens with one attached hydrogen (secondary N) is 2. The molecule has 0 aliphatic carbocycles. The van der Waals surface area contributed by atoms with Gasteiger partial charge in [-0.25, -0.2) is 9.37 Å². The number of carbonyl (C=O) groups excluding carboxylic acids is 1. The lowest BCUT2D eigenvalue weighted by atomic mass is 10.0. The fraction of sp³-hybridized carbons (Fsp3) is 0.333. The van der Waals surface area contributed by atoms with Gasteiger partial charge in [-0.15, -0.1) is 0 Å². The Balaban J connectivity index is 2.30. The monoisotopic (exact) mass is 463 g/mol. The van der Waals surface area contributed by atoms with Gasteiger partial charge in [0.15, 0.2) is 0 Å². The number of anilines is 1. The van der Waals surface area contributed by atoms with E-state index in [2.05, 4.69) is 31.5 Å². The minimum Gasteiger partial charge on any atom is -0.394 e. The van der Waals surface area contributed by atoms with Gasteiger partial charge in [0.2, 0.25) is 0 Å². The molecule has 5 nitrogen and oxygen atoms in total. The lowest BCUT2D eigenvalue weighted by molar-refractivity contribution is -0.140. The topological polar surface area (TPSA) is 74.2 Å². The van der Waals surface area contributed by atoms with Crippen LogP contribution in [0.25, 0.3) is 0 Å². The molecule has 1 aromatic carbocycles. The number of aliphatic hydroxyl groups is 1. The summed E-state index contributed by atoms with van der Waals surface area (Å²) in [5.41, 5.74) is -1.59. The molecule has 0 bridgehead atoms. The number of alkyl halides is 3. The first-order valence-electron chi connectivity index (χ1n) is 8.24. The molecule has 0 saturated heterocycles. The zero-order valence-electron chi connectivity index (χ0n) is 14.9. The van der Waals surface area contributed by atoms with E-state index in [9.17, 15) is 22.4 Å². The maximum absolute atomic E-state index is 14.3. The van der Waals surface area contributed by atoms with Gasteiger partial charge in [-0.3, -0.25) is 4.79 Å². The molecule has 0 unspecified atom stereocenters. The Hall–Kier alpha value is -2.20. The van der Waals surface area contributed by atoms with Crippen LogP contribution in [0.2, 0.25) is 0 Å². The van der Waals surface area contributed by atoms with Crippen molar-refractivity contribution in [1.29, 1.82) is 0 Å². The largest absolute Gasteiger partial charge is 0.419 e. The Morgan fingerprint density at radius 2 is 2.00 bits per heavy atom. The van der Waals surface area contributed by atoms with Crippen LogP contribution >= 0.6 is 15.9 Å². The number of pyridine rings is 1. The highest BCUT2D eigenvalue weighted by Gasteiger charge is 2.35. The molecule has 28 heavy (non-hydrogen) atoms. The van der Waals surface area contributed by atoms with Crippen molar-refractivity contribution in [2.24, 2.45) is 0 Å². The number of amides is 1. The van der Waals surface area contributed by atoms with E-state index in [0.29, 0.717) is 10.5 Å². The molecule has 1 amide bonds. The summed E-state index contributed by atoms with van der Waals surface area (Å²) in [7, 11) is 0. The van der Waals surface area contributed by atoms with E-state index >= 15 is 0 Å². The van der Waals surface area contributed by atoms with Crippen LogP contribution < -0.4 is 10.6 Å². The van der Waals surface area contributed by atoms with Gasteiger partial charge < -0.3 is 15.7 Å². The van der Waals surface area contributed by atoms with Crippen molar-refractivity contribution in [3.8, 4) is 0 Å². The normalized spacial score (nSPS) is 13.7. The third-order valence-electron chi connectivity index (χ3n) is 3.90. The third kappa shape index (κ3) is 5.20. The summed E-state index contributed by atoms with van der Waals surface area (Å²) in [4.78, 5) is 16.7. The first-order valence-corrected chi connectivity index (χ1v) is 9.03. The molecule has 2 aromatic rings. The van der Waals surface area contributed by atoms with Crippen molar-refractivity contribution in [1.82, 2.24) is 10.3 Å². The van der Waals surface area contributed by atoms with Crippen LogP contribution in [0, 0.1) is 5.82 Å². The Bertz CT molecular complexity index is 861. The van der Waals surface area contributed by atoms with Crippen LogP contribution in [-0.4, -0.2) is 28.6 Å². The molecule has 0 radical (unpaired) electrons. The molecule has 1 heterocycles. The van der Waals surface area contributed by atoms with Gasteiger partial charge in [0.25, 0.3) is 5.91 Å². The average molecular weight is 464 g/mol. The minimum atomic E-state index is -4.84. The van der Waals surface area contributed by atoms with Crippen molar-refractivity contribution >= 4 is 27.7 Å². The molecular formula is C18H18BrF4N3O2. The zero-order valence-corrected chi connectivity index (χ0v) is 16.5. The molecule has 10 heteroatoms. The first kappa shape index (κ1) is 22.1. The number of benzene rings is 1. The van der Waals surface area contributed by atoms with Crippen LogP contribution in [0.4, 0.5) is 23.4 Å². The number of halogens is 5. The lowest BCUT2D eigenvalue weighted by Gasteiger charge is -2.19. The van der Waals surface area contributed by atoms with Gasteiger partial charge >= 0.3 is 6.18 Å². The number of hydrogen-bond donors (Lipinski definition) is 3. The van der Waals surface area contributed by atoms with Gasteiger partial charge in [0.1, 0.15) is 11.6 Å². The number of rotatable bonds is 6. The summed E-state index contributed by atoms with van der Waals surface area (Å²) >= 11 is 3.20. The number of aromatic nitrogens is 1. The number of hydrogen-bond acceptors (Lipinski definition) is 4. The van der Waals surface area contributed by atoms with Crippen LogP contribution in [-0.2, 0) is 6.18 Å². The molecular weight excluding hydrogens is 446 g/mol. The maximum atomic E-state index is 14.3. The molecule has 1 aromatic heterocycles. The van der Waals surface area contributed by atoms with Crippen molar-refractivity contribution in [3.05, 3.63) is 57.4 Å². The first-order chi connectivity index (χ1) is 13.0. The van der Waals surface area contributed by atoms with E-state index in [0.717, 1.165) is 6.07 Å². The smallest absolute Gasteiger partial charge is 0.394 e. The minimum absolute atomic E-state index is 0.0916. The Morgan fingerprint density at radius 3 is 2.61 bits per heavy atom. The predicted octanol–water partition coefficient (Wildman–Crippen LogP) is 4.29. The SMILES string of the molecule is C[C@@H](CO)Nc1ncc(Br)cc1C(=O)N[C@H](C)c1cccc(C(F)(F)F)c1F. The van der Waals surface area contributed by atoms with Crippen LogP contribution in [0.3, 0.4) is 0 Å². The summed E-state index contributed by atoms with van der Waals surface area (Å²) in [5.74, 6) is -1.91. The molecule has 2 atom stereocenters. The van der Waals surface area contributed by atoms with E-state index in [1.54, 1.807) is 6.92 Å². The molecule has 3 N–H and O–H groups in total. The Kier molecular flexibility index (Phi) is 7.00. The average Bonchev–Trinajstić information content (AvgIpc) is 2.61. The summed E-state index contributed by atoms with van der Waals surface area (Å²) in [6.45, 7) is 2.85.